The summed E-state index contributed by atoms with van der Waals surface area (Å²) in [6.07, 6.45) is 3.04. The van der Waals surface area contributed by atoms with Gasteiger partial charge in [0.1, 0.15) is 5.60 Å². The highest BCUT2D eigenvalue weighted by Crippen LogP contribution is 2.49. The Hall–Kier alpha value is -1.33. The maximum Gasteiger partial charge on any atom is 0.407 e. The van der Waals surface area contributed by atoms with E-state index in [4.69, 9.17) is 21.4 Å². The molecule has 2 rings (SSSR count). The molecule has 1 aromatic rings. The van der Waals surface area contributed by atoms with Gasteiger partial charge in [-0.25, -0.2) is 4.79 Å². The maximum absolute atomic E-state index is 11.7. The predicted octanol–water partition coefficient (Wildman–Crippen LogP) is 2.78. The lowest BCUT2D eigenvalue weighted by atomic mass is 10.0. The van der Waals surface area contributed by atoms with Crippen LogP contribution >= 0.6 is 11.6 Å². The molecule has 1 aliphatic rings. The zero-order valence-corrected chi connectivity index (χ0v) is 13.3. The summed E-state index contributed by atoms with van der Waals surface area (Å²) in [5.74, 6) is 0. The van der Waals surface area contributed by atoms with Crippen molar-refractivity contribution in [2.45, 2.75) is 51.2 Å². The van der Waals surface area contributed by atoms with Gasteiger partial charge < -0.3 is 15.2 Å². The molecule has 6 heteroatoms. The van der Waals surface area contributed by atoms with E-state index in [0.717, 1.165) is 18.5 Å². The number of alkyl carbamates (subject to hydrolysis) is 1. The average Bonchev–Trinajstić information content (AvgIpc) is 3.15. The van der Waals surface area contributed by atoms with Crippen LogP contribution in [0.3, 0.4) is 0 Å². The number of aliphatic hydroxyl groups is 1. The zero-order chi connectivity index (χ0) is 15.7. The first-order valence-corrected chi connectivity index (χ1v) is 7.36. The molecule has 0 radical (unpaired) electrons. The summed E-state index contributed by atoms with van der Waals surface area (Å²) in [5.41, 5.74) is 0.735. The van der Waals surface area contributed by atoms with E-state index >= 15 is 0 Å². The fourth-order valence-corrected chi connectivity index (χ4v) is 2.55. The Morgan fingerprint density at radius 1 is 1.52 bits per heavy atom. The predicted molar refractivity (Wildman–Crippen MR) is 80.3 cm³/mol. The highest BCUT2D eigenvalue weighted by atomic mass is 35.5. The lowest BCUT2D eigenvalue weighted by Gasteiger charge is -2.22. The molecule has 0 aliphatic heterocycles. The van der Waals surface area contributed by atoms with Crippen LogP contribution in [0.1, 0.15) is 44.9 Å². The summed E-state index contributed by atoms with van der Waals surface area (Å²) in [4.78, 5) is 16.1. The Labute approximate surface area is 129 Å². The molecule has 0 aromatic carbocycles. The molecule has 0 atom stereocenters. The Kier molecular flexibility index (Phi) is 4.44. The normalized spacial score (nSPS) is 16.4. The van der Waals surface area contributed by atoms with Crippen LogP contribution in [0, 0.1) is 0 Å². The Morgan fingerprint density at radius 3 is 2.67 bits per heavy atom. The number of nitrogens with one attached hydrogen (secondary N) is 1. The van der Waals surface area contributed by atoms with Gasteiger partial charge in [-0.1, -0.05) is 11.6 Å². The van der Waals surface area contributed by atoms with E-state index in [0.29, 0.717) is 17.1 Å². The quantitative estimate of drug-likeness (QED) is 0.897. The summed E-state index contributed by atoms with van der Waals surface area (Å²) in [6.45, 7) is 5.84. The number of rotatable bonds is 4. The Morgan fingerprint density at radius 2 is 2.19 bits per heavy atom. The van der Waals surface area contributed by atoms with Gasteiger partial charge in [0.05, 0.1) is 17.3 Å². The minimum Gasteiger partial charge on any atom is -0.444 e. The fourth-order valence-electron chi connectivity index (χ4n) is 2.16. The van der Waals surface area contributed by atoms with Crippen molar-refractivity contribution in [1.29, 1.82) is 0 Å². The molecule has 1 amide bonds. The number of halogens is 1. The van der Waals surface area contributed by atoms with Crippen molar-refractivity contribution in [2.75, 3.05) is 6.54 Å². The second-order valence-electron chi connectivity index (χ2n) is 6.47. The second kappa shape index (κ2) is 5.81. The molecule has 2 N–H and O–H groups in total. The highest BCUT2D eigenvalue weighted by Gasteiger charge is 2.47. The van der Waals surface area contributed by atoms with Crippen LogP contribution < -0.4 is 5.32 Å². The van der Waals surface area contributed by atoms with Gasteiger partial charge in [-0.3, -0.25) is 4.98 Å². The molecule has 21 heavy (non-hydrogen) atoms. The van der Waals surface area contributed by atoms with Crippen LogP contribution in [-0.2, 0) is 16.8 Å². The number of carbonyl (C=O) groups excluding carboxylic acids is 1. The van der Waals surface area contributed by atoms with E-state index in [9.17, 15) is 4.79 Å². The van der Waals surface area contributed by atoms with Crippen molar-refractivity contribution < 1.29 is 14.6 Å². The molecule has 0 bridgehead atoms. The van der Waals surface area contributed by atoms with Crippen LogP contribution in [0.15, 0.2) is 12.3 Å². The summed E-state index contributed by atoms with van der Waals surface area (Å²) in [6, 6.07) is 1.72. The number of carbonyl (C=O) groups is 1. The van der Waals surface area contributed by atoms with Crippen LogP contribution in [0.25, 0.3) is 0 Å². The lowest BCUT2D eigenvalue weighted by Crippen LogP contribution is -2.37. The van der Waals surface area contributed by atoms with Gasteiger partial charge in [-0.05, 0) is 45.2 Å². The second-order valence-corrected chi connectivity index (χ2v) is 6.88. The molecule has 0 spiro atoms. The summed E-state index contributed by atoms with van der Waals surface area (Å²) in [5, 5.41) is 12.4. The molecule has 1 heterocycles. The van der Waals surface area contributed by atoms with Gasteiger partial charge in [0.25, 0.3) is 0 Å². The number of aromatic nitrogens is 1. The summed E-state index contributed by atoms with van der Waals surface area (Å²) < 4.78 is 5.23. The number of ether oxygens (including phenoxy) is 1. The number of hydrogen-bond acceptors (Lipinski definition) is 4. The molecule has 0 unspecified atom stereocenters. The molecule has 1 fully saturated rings. The first kappa shape index (κ1) is 16.0. The summed E-state index contributed by atoms with van der Waals surface area (Å²) in [7, 11) is 0. The number of amides is 1. The third-order valence-electron chi connectivity index (χ3n) is 3.41. The van der Waals surface area contributed by atoms with Crippen LogP contribution in [0.4, 0.5) is 4.79 Å². The number of hydrogen-bond donors (Lipinski definition) is 2. The SMILES string of the molecule is CC(C)(C)OC(=O)NCC1(c2ncc(CO)cc2Cl)CC1. The van der Waals surface area contributed by atoms with Gasteiger partial charge in [0.15, 0.2) is 0 Å². The van der Waals surface area contributed by atoms with E-state index in [1.807, 2.05) is 20.8 Å². The van der Waals surface area contributed by atoms with Crippen molar-refractivity contribution >= 4 is 17.7 Å². The van der Waals surface area contributed by atoms with Crippen molar-refractivity contribution in [3.63, 3.8) is 0 Å². The monoisotopic (exact) mass is 312 g/mol. The third-order valence-corrected chi connectivity index (χ3v) is 3.69. The Bertz CT molecular complexity index is 536. The van der Waals surface area contributed by atoms with Crippen molar-refractivity contribution in [3.05, 3.63) is 28.5 Å². The smallest absolute Gasteiger partial charge is 0.407 e. The number of pyridine rings is 1. The van der Waals surface area contributed by atoms with Crippen molar-refractivity contribution in [3.8, 4) is 0 Å². The first-order chi connectivity index (χ1) is 9.76. The van der Waals surface area contributed by atoms with E-state index in [1.165, 1.54) is 0 Å². The summed E-state index contributed by atoms with van der Waals surface area (Å²) >= 11 is 6.24. The minimum absolute atomic E-state index is 0.0871. The standard InChI is InChI=1S/C15H21ClN2O3/c1-14(2,3)21-13(20)18-9-15(4-5-15)12-11(16)6-10(8-19)7-17-12/h6-7,19H,4-5,8-9H2,1-3H3,(H,18,20). The molecule has 0 saturated heterocycles. The largest absolute Gasteiger partial charge is 0.444 e. The molecule has 116 valence electrons. The zero-order valence-electron chi connectivity index (χ0n) is 12.6. The Balaban J connectivity index is 2.02. The lowest BCUT2D eigenvalue weighted by molar-refractivity contribution is 0.0522. The van der Waals surface area contributed by atoms with Gasteiger partial charge in [0.2, 0.25) is 0 Å². The first-order valence-electron chi connectivity index (χ1n) is 6.98. The van der Waals surface area contributed by atoms with Crippen molar-refractivity contribution in [1.82, 2.24) is 10.3 Å². The van der Waals surface area contributed by atoms with Crippen LogP contribution in [-0.4, -0.2) is 28.3 Å². The van der Waals surface area contributed by atoms with E-state index < -0.39 is 11.7 Å². The highest BCUT2D eigenvalue weighted by molar-refractivity contribution is 6.31. The van der Waals surface area contributed by atoms with Gasteiger partial charge in [0, 0.05) is 18.2 Å². The molecule has 5 nitrogen and oxygen atoms in total. The van der Waals surface area contributed by atoms with Gasteiger partial charge >= 0.3 is 6.09 Å². The maximum atomic E-state index is 11.7. The number of nitrogens with zero attached hydrogens (tertiary/aromatic N) is 1. The van der Waals surface area contributed by atoms with Crippen LogP contribution in [0.2, 0.25) is 5.02 Å². The number of aliphatic hydroxyl groups excluding tert-OH is 1. The average molecular weight is 313 g/mol. The van der Waals surface area contributed by atoms with Gasteiger partial charge in [-0.15, -0.1) is 0 Å². The van der Waals surface area contributed by atoms with E-state index in [-0.39, 0.29) is 12.0 Å². The molecule has 1 aliphatic carbocycles. The minimum atomic E-state index is -0.514. The van der Waals surface area contributed by atoms with Crippen molar-refractivity contribution in [2.24, 2.45) is 0 Å². The fraction of sp³-hybridized carbons (Fsp3) is 0.600. The molecular formula is C15H21ClN2O3. The van der Waals surface area contributed by atoms with E-state index in [1.54, 1.807) is 12.3 Å². The topological polar surface area (TPSA) is 71.5 Å². The van der Waals surface area contributed by atoms with Gasteiger partial charge in [-0.2, -0.15) is 0 Å². The molecular weight excluding hydrogens is 292 g/mol. The third kappa shape index (κ3) is 4.08. The molecule has 1 aromatic heterocycles. The van der Waals surface area contributed by atoms with Crippen LogP contribution in [0.5, 0.6) is 0 Å². The van der Waals surface area contributed by atoms with E-state index in [2.05, 4.69) is 10.3 Å². The molecule has 1 saturated carbocycles.